The van der Waals surface area contributed by atoms with Crippen LogP contribution in [0.1, 0.15) is 12.8 Å². The van der Waals surface area contributed by atoms with E-state index in [4.69, 9.17) is 0 Å². The summed E-state index contributed by atoms with van der Waals surface area (Å²) in [5.74, 6) is 0.753. The molecule has 94 valence electrons. The zero-order valence-corrected chi connectivity index (χ0v) is 10.6. The number of aromatic nitrogens is 1. The molecule has 0 aliphatic carbocycles. The van der Waals surface area contributed by atoms with Crippen molar-refractivity contribution in [3.8, 4) is 0 Å². The first kappa shape index (κ1) is 12.2. The van der Waals surface area contributed by atoms with Crippen LogP contribution in [0.15, 0.2) is 23.1 Å². The van der Waals surface area contributed by atoms with Gasteiger partial charge in [0.1, 0.15) is 0 Å². The second-order valence-electron chi connectivity index (χ2n) is 4.99. The molecule has 0 spiro atoms. The van der Waals surface area contributed by atoms with E-state index >= 15 is 0 Å². The molecule has 0 unspecified atom stereocenters. The van der Waals surface area contributed by atoms with E-state index in [0.717, 1.165) is 18.2 Å². The van der Waals surface area contributed by atoms with E-state index in [2.05, 4.69) is 17.3 Å². The second-order valence-corrected chi connectivity index (χ2v) is 4.99. The molecule has 2 heterocycles. The summed E-state index contributed by atoms with van der Waals surface area (Å²) in [5.41, 5.74) is 1.07. The number of hydrogen-bond acceptors (Lipinski definition) is 3. The second kappa shape index (κ2) is 5.36. The van der Waals surface area contributed by atoms with Gasteiger partial charge in [0.2, 0.25) is 5.56 Å². The molecule has 1 N–H and O–H groups in total. The Morgan fingerprint density at radius 3 is 2.65 bits per heavy atom. The Kier molecular flexibility index (Phi) is 3.84. The molecule has 1 aliphatic rings. The van der Waals surface area contributed by atoms with Crippen LogP contribution < -0.4 is 10.9 Å². The normalized spacial score (nSPS) is 18.2. The van der Waals surface area contributed by atoms with Gasteiger partial charge in [-0.05, 0) is 45.0 Å². The maximum Gasteiger partial charge on any atom is 0.250 e. The fourth-order valence-corrected chi connectivity index (χ4v) is 2.23. The molecule has 0 bridgehead atoms. The standard InChI is InChI=1S/C13H21N3O/c1-15-7-5-11(6-8-15)9-14-12-3-4-13(17)16(2)10-12/h3-4,10-11,14H,5-9H2,1-2H3. The van der Waals surface area contributed by atoms with E-state index < -0.39 is 0 Å². The fraction of sp³-hybridized carbons (Fsp3) is 0.615. The molecule has 1 aromatic heterocycles. The summed E-state index contributed by atoms with van der Waals surface area (Å²) in [6, 6.07) is 3.47. The van der Waals surface area contributed by atoms with Crippen molar-refractivity contribution in [3.63, 3.8) is 0 Å². The number of pyridine rings is 1. The van der Waals surface area contributed by atoms with Gasteiger partial charge in [-0.3, -0.25) is 4.79 Å². The summed E-state index contributed by atoms with van der Waals surface area (Å²) >= 11 is 0. The van der Waals surface area contributed by atoms with Crippen LogP contribution in [0.3, 0.4) is 0 Å². The number of nitrogens with zero attached hydrogens (tertiary/aromatic N) is 2. The lowest BCUT2D eigenvalue weighted by Gasteiger charge is -2.29. The van der Waals surface area contributed by atoms with Gasteiger partial charge in [-0.1, -0.05) is 0 Å². The Balaban J connectivity index is 1.85. The topological polar surface area (TPSA) is 37.3 Å². The van der Waals surface area contributed by atoms with Gasteiger partial charge in [0.05, 0.1) is 5.69 Å². The van der Waals surface area contributed by atoms with Crippen LogP contribution in [0.25, 0.3) is 0 Å². The highest BCUT2D eigenvalue weighted by atomic mass is 16.1. The Morgan fingerprint density at radius 1 is 1.29 bits per heavy atom. The van der Waals surface area contributed by atoms with Gasteiger partial charge in [0, 0.05) is 25.9 Å². The molecule has 4 heteroatoms. The van der Waals surface area contributed by atoms with Gasteiger partial charge in [0.25, 0.3) is 0 Å². The lowest BCUT2D eigenvalue weighted by atomic mass is 9.97. The van der Waals surface area contributed by atoms with E-state index in [0.29, 0.717) is 0 Å². The van der Waals surface area contributed by atoms with Crippen molar-refractivity contribution in [2.75, 3.05) is 32.0 Å². The minimum atomic E-state index is 0.0369. The Hall–Kier alpha value is -1.29. The lowest BCUT2D eigenvalue weighted by molar-refractivity contribution is 0.226. The highest BCUT2D eigenvalue weighted by Gasteiger charge is 2.16. The summed E-state index contributed by atoms with van der Waals surface area (Å²) in [4.78, 5) is 13.6. The third-order valence-electron chi connectivity index (χ3n) is 3.52. The molecule has 0 amide bonds. The van der Waals surface area contributed by atoms with Crippen LogP contribution in [-0.4, -0.2) is 36.1 Å². The van der Waals surface area contributed by atoms with Gasteiger partial charge in [0.15, 0.2) is 0 Å². The van der Waals surface area contributed by atoms with Crippen molar-refractivity contribution >= 4 is 5.69 Å². The van der Waals surface area contributed by atoms with Crippen molar-refractivity contribution in [3.05, 3.63) is 28.7 Å². The molecule has 2 rings (SSSR count). The molecule has 0 aromatic carbocycles. The monoisotopic (exact) mass is 235 g/mol. The van der Waals surface area contributed by atoms with Gasteiger partial charge < -0.3 is 14.8 Å². The third kappa shape index (κ3) is 3.33. The van der Waals surface area contributed by atoms with Crippen LogP contribution in [0.4, 0.5) is 5.69 Å². The van der Waals surface area contributed by atoms with Crippen molar-refractivity contribution in [2.45, 2.75) is 12.8 Å². The summed E-state index contributed by atoms with van der Waals surface area (Å²) in [6.45, 7) is 3.39. The van der Waals surface area contributed by atoms with Gasteiger partial charge in [-0.2, -0.15) is 0 Å². The number of piperidine rings is 1. The number of aryl methyl sites for hydroxylation is 1. The fourth-order valence-electron chi connectivity index (χ4n) is 2.23. The quantitative estimate of drug-likeness (QED) is 0.853. The zero-order valence-electron chi connectivity index (χ0n) is 10.6. The SMILES string of the molecule is CN1CCC(CNc2ccc(=O)n(C)c2)CC1. The minimum absolute atomic E-state index is 0.0369. The lowest BCUT2D eigenvalue weighted by Crippen LogP contribution is -2.33. The average molecular weight is 235 g/mol. The Labute approximate surface area is 102 Å². The summed E-state index contributed by atoms with van der Waals surface area (Å²) in [5, 5.41) is 3.42. The number of anilines is 1. The molecule has 0 radical (unpaired) electrons. The van der Waals surface area contributed by atoms with Crippen molar-refractivity contribution in [2.24, 2.45) is 13.0 Å². The summed E-state index contributed by atoms with van der Waals surface area (Å²) in [7, 11) is 3.96. The number of likely N-dealkylation sites (tertiary alicyclic amines) is 1. The third-order valence-corrected chi connectivity index (χ3v) is 3.52. The molecule has 1 fully saturated rings. The minimum Gasteiger partial charge on any atom is -0.384 e. The molecule has 0 atom stereocenters. The molecule has 0 saturated carbocycles. The molecular weight excluding hydrogens is 214 g/mol. The smallest absolute Gasteiger partial charge is 0.250 e. The highest BCUT2D eigenvalue weighted by molar-refractivity contribution is 5.40. The van der Waals surface area contributed by atoms with E-state index in [1.54, 1.807) is 17.7 Å². The first-order valence-electron chi connectivity index (χ1n) is 6.24. The molecule has 1 aliphatic heterocycles. The predicted molar refractivity (Wildman–Crippen MR) is 70.4 cm³/mol. The average Bonchev–Trinajstić information content (AvgIpc) is 2.33. The van der Waals surface area contributed by atoms with Crippen LogP contribution in [0.2, 0.25) is 0 Å². The van der Waals surface area contributed by atoms with Crippen molar-refractivity contribution in [1.82, 2.24) is 9.47 Å². The van der Waals surface area contributed by atoms with E-state index in [1.165, 1.54) is 25.9 Å². The number of rotatable bonds is 3. The number of nitrogens with one attached hydrogen (secondary N) is 1. The van der Waals surface area contributed by atoms with E-state index in [9.17, 15) is 4.79 Å². The van der Waals surface area contributed by atoms with Crippen molar-refractivity contribution in [1.29, 1.82) is 0 Å². The van der Waals surface area contributed by atoms with Crippen LogP contribution in [0.5, 0.6) is 0 Å². The molecule has 1 saturated heterocycles. The number of hydrogen-bond donors (Lipinski definition) is 1. The van der Waals surface area contributed by atoms with Crippen molar-refractivity contribution < 1.29 is 0 Å². The largest absolute Gasteiger partial charge is 0.384 e. The Bertz CT molecular complexity index is 419. The van der Waals surface area contributed by atoms with Crippen LogP contribution in [-0.2, 0) is 7.05 Å². The highest BCUT2D eigenvalue weighted by Crippen LogP contribution is 2.16. The van der Waals surface area contributed by atoms with Crippen LogP contribution in [0, 0.1) is 5.92 Å². The molecular formula is C13H21N3O. The summed E-state index contributed by atoms with van der Waals surface area (Å²) in [6.07, 6.45) is 4.38. The van der Waals surface area contributed by atoms with Gasteiger partial charge in [-0.15, -0.1) is 0 Å². The first-order valence-corrected chi connectivity index (χ1v) is 6.24. The summed E-state index contributed by atoms with van der Waals surface area (Å²) < 4.78 is 1.61. The molecule has 4 nitrogen and oxygen atoms in total. The maximum atomic E-state index is 11.2. The maximum absolute atomic E-state index is 11.2. The van der Waals surface area contributed by atoms with Crippen LogP contribution >= 0.6 is 0 Å². The Morgan fingerprint density at radius 2 is 2.00 bits per heavy atom. The van der Waals surface area contributed by atoms with Gasteiger partial charge >= 0.3 is 0 Å². The molecule has 1 aromatic rings. The van der Waals surface area contributed by atoms with Gasteiger partial charge in [-0.25, -0.2) is 0 Å². The van der Waals surface area contributed by atoms with E-state index in [-0.39, 0.29) is 5.56 Å². The predicted octanol–water partition coefficient (Wildman–Crippen LogP) is 1.14. The zero-order chi connectivity index (χ0) is 12.3. The molecule has 17 heavy (non-hydrogen) atoms. The first-order chi connectivity index (χ1) is 8.15. The van der Waals surface area contributed by atoms with E-state index in [1.807, 2.05) is 12.3 Å².